The van der Waals surface area contributed by atoms with Gasteiger partial charge < -0.3 is 4.79 Å². The van der Waals surface area contributed by atoms with E-state index in [0.717, 1.165) is 5.01 Å². The van der Waals surface area contributed by atoms with Crippen molar-refractivity contribution in [3.63, 3.8) is 0 Å². The Morgan fingerprint density at radius 2 is 2.33 bits per heavy atom. The van der Waals surface area contributed by atoms with E-state index in [1.807, 2.05) is 0 Å². The zero-order valence-corrected chi connectivity index (χ0v) is 7.00. The highest BCUT2D eigenvalue weighted by atomic mass is 35.5. The van der Waals surface area contributed by atoms with Crippen LogP contribution in [0.1, 0.15) is 0 Å². The minimum Gasteiger partial charge on any atom is -0.303 e. The first-order chi connectivity index (χ1) is 5.57. The quantitative estimate of drug-likeness (QED) is 0.374. The highest BCUT2D eigenvalue weighted by Gasteiger charge is 2.38. The molecule has 0 bridgehead atoms. The molecule has 68 valence electrons. The number of hydrazone groups is 1. The van der Waals surface area contributed by atoms with Gasteiger partial charge in [0, 0.05) is 7.05 Å². The number of hydrogen-bond donors (Lipinski definition) is 0. The summed E-state index contributed by atoms with van der Waals surface area (Å²) < 4.78 is 24.3. The lowest BCUT2D eigenvalue weighted by atomic mass is 10.1. The maximum atomic E-state index is 12.1. The Hall–Kier alpha value is -0.710. The molecular weight excluding hydrogens is 190 g/mol. The molecule has 0 amide bonds. The number of rotatable bonds is 2. The molecule has 0 aliphatic carbocycles. The highest BCUT2D eigenvalue weighted by Crippen LogP contribution is 2.24. The van der Waals surface area contributed by atoms with Crippen LogP contribution in [0.3, 0.4) is 0 Å². The molecule has 1 rings (SSSR count). The number of aldehydes is 1. The fourth-order valence-electron chi connectivity index (χ4n) is 1.00. The van der Waals surface area contributed by atoms with Crippen molar-refractivity contribution in [1.29, 1.82) is 0 Å². The SMILES string of the molecule is CN1N=C(C(F)F)C(C=O)C1Cl. The molecule has 2 atom stereocenters. The third-order valence-electron chi connectivity index (χ3n) is 1.64. The molecule has 0 saturated heterocycles. The smallest absolute Gasteiger partial charge is 0.279 e. The maximum absolute atomic E-state index is 12.1. The molecule has 3 nitrogen and oxygen atoms in total. The molecule has 0 aromatic heterocycles. The summed E-state index contributed by atoms with van der Waals surface area (Å²) in [5, 5.41) is 4.61. The van der Waals surface area contributed by atoms with Crippen LogP contribution in [-0.2, 0) is 4.79 Å². The predicted octanol–water partition coefficient (Wildman–Crippen LogP) is 0.933. The Morgan fingerprint density at radius 1 is 1.75 bits per heavy atom. The number of nitrogens with zero attached hydrogens (tertiary/aromatic N) is 2. The molecule has 1 aliphatic heterocycles. The molecule has 1 heterocycles. The van der Waals surface area contributed by atoms with Crippen LogP contribution in [0.25, 0.3) is 0 Å². The van der Waals surface area contributed by atoms with Gasteiger partial charge >= 0.3 is 0 Å². The second-order valence-corrected chi connectivity index (χ2v) is 2.88. The Kier molecular flexibility index (Phi) is 2.62. The minimum atomic E-state index is -2.72. The largest absolute Gasteiger partial charge is 0.303 e. The Morgan fingerprint density at radius 3 is 2.67 bits per heavy atom. The topological polar surface area (TPSA) is 32.7 Å². The molecule has 0 spiro atoms. The first kappa shape index (κ1) is 9.38. The van der Waals surface area contributed by atoms with Crippen LogP contribution >= 0.6 is 11.6 Å². The fraction of sp³-hybridized carbons (Fsp3) is 0.667. The lowest BCUT2D eigenvalue weighted by Crippen LogP contribution is -2.29. The monoisotopic (exact) mass is 196 g/mol. The summed E-state index contributed by atoms with van der Waals surface area (Å²) in [6.45, 7) is 0. The second-order valence-electron chi connectivity index (χ2n) is 2.43. The van der Waals surface area contributed by atoms with Crippen LogP contribution < -0.4 is 0 Å². The summed E-state index contributed by atoms with van der Waals surface area (Å²) in [5.41, 5.74) is -1.24. The Labute approximate surface area is 73.0 Å². The van der Waals surface area contributed by atoms with Crippen molar-refractivity contribution in [1.82, 2.24) is 5.01 Å². The van der Waals surface area contributed by atoms with E-state index >= 15 is 0 Å². The third kappa shape index (κ3) is 1.41. The predicted molar refractivity (Wildman–Crippen MR) is 40.4 cm³/mol. The third-order valence-corrected chi connectivity index (χ3v) is 2.19. The first-order valence-electron chi connectivity index (χ1n) is 3.26. The standard InChI is InChI=1S/C6H7ClF2N2O/c1-11-5(7)3(2-12)4(10-11)6(8)9/h2-3,5-6H,1H3. The van der Waals surface area contributed by atoms with E-state index in [0.29, 0.717) is 6.29 Å². The van der Waals surface area contributed by atoms with Gasteiger partial charge in [0.1, 0.15) is 17.5 Å². The lowest BCUT2D eigenvalue weighted by Gasteiger charge is -2.13. The van der Waals surface area contributed by atoms with Gasteiger partial charge in [-0.25, -0.2) is 8.78 Å². The van der Waals surface area contributed by atoms with Gasteiger partial charge in [-0.05, 0) is 0 Å². The summed E-state index contributed by atoms with van der Waals surface area (Å²) in [7, 11) is 1.45. The minimum absolute atomic E-state index is 0.395. The zero-order chi connectivity index (χ0) is 9.30. The molecule has 0 fully saturated rings. The molecule has 0 N–H and O–H groups in total. The van der Waals surface area contributed by atoms with E-state index in [9.17, 15) is 13.6 Å². The summed E-state index contributed by atoms with van der Waals surface area (Å²) >= 11 is 5.61. The van der Waals surface area contributed by atoms with Gasteiger partial charge in [-0.2, -0.15) is 5.10 Å². The first-order valence-corrected chi connectivity index (χ1v) is 3.70. The molecule has 0 saturated carbocycles. The van der Waals surface area contributed by atoms with Crippen LogP contribution in [0.2, 0.25) is 0 Å². The van der Waals surface area contributed by atoms with Crippen LogP contribution in [0.15, 0.2) is 5.10 Å². The van der Waals surface area contributed by atoms with Crippen LogP contribution in [0, 0.1) is 5.92 Å². The van der Waals surface area contributed by atoms with Gasteiger partial charge in [-0.15, -0.1) is 0 Å². The zero-order valence-electron chi connectivity index (χ0n) is 6.25. The number of hydrogen-bond acceptors (Lipinski definition) is 3. The van der Waals surface area contributed by atoms with Gasteiger partial charge in [-0.3, -0.25) is 5.01 Å². The van der Waals surface area contributed by atoms with Crippen LogP contribution in [0.4, 0.5) is 8.78 Å². The van der Waals surface area contributed by atoms with Crippen LogP contribution in [-0.4, -0.2) is 36.0 Å². The van der Waals surface area contributed by atoms with E-state index < -0.39 is 23.6 Å². The van der Waals surface area contributed by atoms with Crippen molar-refractivity contribution >= 4 is 23.6 Å². The van der Waals surface area contributed by atoms with E-state index in [4.69, 9.17) is 11.6 Å². The highest BCUT2D eigenvalue weighted by molar-refractivity contribution is 6.25. The molecular formula is C6H7ClF2N2O. The maximum Gasteiger partial charge on any atom is 0.279 e. The molecule has 0 aromatic rings. The van der Waals surface area contributed by atoms with Gasteiger partial charge in [0.25, 0.3) is 6.43 Å². The van der Waals surface area contributed by atoms with Gasteiger partial charge in [0.15, 0.2) is 0 Å². The van der Waals surface area contributed by atoms with E-state index in [1.54, 1.807) is 0 Å². The molecule has 2 unspecified atom stereocenters. The normalized spacial score (nSPS) is 29.4. The van der Waals surface area contributed by atoms with Crippen LogP contribution in [0.5, 0.6) is 0 Å². The van der Waals surface area contributed by atoms with Crippen molar-refractivity contribution < 1.29 is 13.6 Å². The van der Waals surface area contributed by atoms with Crippen molar-refractivity contribution in [3.05, 3.63) is 0 Å². The van der Waals surface area contributed by atoms with Crippen molar-refractivity contribution in [2.45, 2.75) is 11.9 Å². The summed E-state index contributed by atoms with van der Waals surface area (Å²) in [6.07, 6.45) is -2.32. The number of carbonyl (C=O) groups is 1. The second kappa shape index (κ2) is 3.35. The van der Waals surface area contributed by atoms with Crippen molar-refractivity contribution in [2.75, 3.05) is 7.05 Å². The fourth-order valence-corrected chi connectivity index (χ4v) is 1.23. The summed E-state index contributed by atoms with van der Waals surface area (Å²) in [4.78, 5) is 10.4. The van der Waals surface area contributed by atoms with Crippen molar-refractivity contribution in [3.8, 4) is 0 Å². The van der Waals surface area contributed by atoms with Crippen molar-refractivity contribution in [2.24, 2.45) is 11.0 Å². The molecule has 6 heteroatoms. The number of halogens is 3. The number of alkyl halides is 3. The average molecular weight is 197 g/mol. The van der Waals surface area contributed by atoms with Gasteiger partial charge in [-0.1, -0.05) is 11.6 Å². The summed E-state index contributed by atoms with van der Waals surface area (Å²) in [6, 6.07) is 0. The molecule has 12 heavy (non-hydrogen) atoms. The Bertz CT molecular complexity index is 222. The summed E-state index contributed by atoms with van der Waals surface area (Å²) in [5.74, 6) is -0.989. The Balaban J connectivity index is 2.85. The average Bonchev–Trinajstić information content (AvgIpc) is 2.29. The van der Waals surface area contributed by atoms with Gasteiger partial charge in [0.2, 0.25) is 0 Å². The van der Waals surface area contributed by atoms with E-state index in [-0.39, 0.29) is 0 Å². The van der Waals surface area contributed by atoms with E-state index in [2.05, 4.69) is 5.10 Å². The lowest BCUT2D eigenvalue weighted by molar-refractivity contribution is -0.109. The number of carbonyl (C=O) groups excluding carboxylic acids is 1. The van der Waals surface area contributed by atoms with Gasteiger partial charge in [0.05, 0.1) is 5.92 Å². The molecule has 0 radical (unpaired) electrons. The molecule has 1 aliphatic rings. The van der Waals surface area contributed by atoms with E-state index in [1.165, 1.54) is 7.05 Å². The molecule has 0 aromatic carbocycles.